The first-order valence-corrected chi connectivity index (χ1v) is 6.33. The molecule has 0 bridgehead atoms. The monoisotopic (exact) mass is 262 g/mol. The van der Waals surface area contributed by atoms with Gasteiger partial charge in [0, 0.05) is 6.04 Å². The van der Waals surface area contributed by atoms with Gasteiger partial charge in [0.15, 0.2) is 0 Å². The van der Waals surface area contributed by atoms with Gasteiger partial charge >= 0.3 is 5.97 Å². The first-order chi connectivity index (χ1) is 8.99. The van der Waals surface area contributed by atoms with E-state index in [1.54, 1.807) is 6.92 Å². The molecular formula is C14H18N2O3. The number of aliphatic carboxylic acids is 1. The Labute approximate surface area is 112 Å². The number of benzene rings is 1. The van der Waals surface area contributed by atoms with Gasteiger partial charge in [-0.3, -0.25) is 9.59 Å². The van der Waals surface area contributed by atoms with E-state index in [9.17, 15) is 9.59 Å². The molecule has 3 N–H and O–H groups in total. The Hall–Kier alpha value is -1.88. The molecule has 1 aliphatic carbocycles. The maximum absolute atomic E-state index is 12.1. The number of fused-ring (bicyclic) bond motifs is 1. The summed E-state index contributed by atoms with van der Waals surface area (Å²) < 4.78 is 0. The van der Waals surface area contributed by atoms with Gasteiger partial charge in [-0.15, -0.1) is 0 Å². The molecule has 19 heavy (non-hydrogen) atoms. The predicted molar refractivity (Wildman–Crippen MR) is 70.6 cm³/mol. The Balaban J connectivity index is 2.17. The molecule has 1 atom stereocenters. The summed E-state index contributed by atoms with van der Waals surface area (Å²) in [6, 6.07) is 7.16. The van der Waals surface area contributed by atoms with Gasteiger partial charge in [0.1, 0.15) is 6.54 Å². The van der Waals surface area contributed by atoms with Crippen LogP contribution in [0.25, 0.3) is 0 Å². The largest absolute Gasteiger partial charge is 0.480 e. The average molecular weight is 262 g/mol. The molecule has 2 rings (SSSR count). The molecule has 1 aromatic rings. The zero-order valence-electron chi connectivity index (χ0n) is 10.9. The van der Waals surface area contributed by atoms with Gasteiger partial charge in [-0.2, -0.15) is 0 Å². The molecule has 5 nitrogen and oxygen atoms in total. The fourth-order valence-electron chi connectivity index (χ4n) is 2.55. The molecule has 0 spiro atoms. The van der Waals surface area contributed by atoms with E-state index in [1.165, 1.54) is 16.0 Å². The molecule has 0 radical (unpaired) electrons. The highest BCUT2D eigenvalue weighted by molar-refractivity contribution is 5.85. The van der Waals surface area contributed by atoms with Crippen molar-refractivity contribution < 1.29 is 14.7 Å². The summed E-state index contributed by atoms with van der Waals surface area (Å²) in [4.78, 5) is 24.4. The van der Waals surface area contributed by atoms with Gasteiger partial charge in [0.2, 0.25) is 5.91 Å². The van der Waals surface area contributed by atoms with Gasteiger partial charge in [0.25, 0.3) is 0 Å². The summed E-state index contributed by atoms with van der Waals surface area (Å²) in [6.45, 7) is 1.29. The van der Waals surface area contributed by atoms with Crippen molar-refractivity contribution in [2.45, 2.75) is 31.8 Å². The topological polar surface area (TPSA) is 83.6 Å². The van der Waals surface area contributed by atoms with Crippen LogP contribution in [0, 0.1) is 0 Å². The maximum Gasteiger partial charge on any atom is 0.323 e. The number of carboxylic acids is 1. The van der Waals surface area contributed by atoms with E-state index in [2.05, 4.69) is 0 Å². The quantitative estimate of drug-likeness (QED) is 0.823. The van der Waals surface area contributed by atoms with Crippen molar-refractivity contribution in [3.8, 4) is 0 Å². The highest BCUT2D eigenvalue weighted by atomic mass is 16.4. The number of carboxylic acid groups (broad SMARTS) is 1. The van der Waals surface area contributed by atoms with E-state index in [-0.39, 0.29) is 18.5 Å². The second-order valence-corrected chi connectivity index (χ2v) is 4.98. The summed E-state index contributed by atoms with van der Waals surface area (Å²) in [7, 11) is 0. The second-order valence-electron chi connectivity index (χ2n) is 4.98. The fraction of sp³-hybridized carbons (Fsp3) is 0.429. The lowest BCUT2D eigenvalue weighted by molar-refractivity contribution is -0.146. The minimum absolute atomic E-state index is 0.105. The molecule has 0 aliphatic heterocycles. The lowest BCUT2D eigenvalue weighted by atomic mass is 10.1. The van der Waals surface area contributed by atoms with Crippen LogP contribution >= 0.6 is 0 Å². The van der Waals surface area contributed by atoms with Crippen LogP contribution in [0.2, 0.25) is 0 Å². The van der Waals surface area contributed by atoms with Crippen molar-refractivity contribution in [1.29, 1.82) is 0 Å². The third kappa shape index (κ3) is 2.93. The molecule has 102 valence electrons. The molecule has 1 aliphatic rings. The van der Waals surface area contributed by atoms with Crippen LogP contribution in [0.4, 0.5) is 0 Å². The molecule has 0 saturated carbocycles. The van der Waals surface area contributed by atoms with Crippen molar-refractivity contribution in [3.63, 3.8) is 0 Å². The van der Waals surface area contributed by atoms with Crippen molar-refractivity contribution in [2.24, 2.45) is 5.73 Å². The van der Waals surface area contributed by atoms with Crippen LogP contribution < -0.4 is 5.73 Å². The molecular weight excluding hydrogens is 244 g/mol. The number of carbonyl (C=O) groups is 2. The van der Waals surface area contributed by atoms with Crippen molar-refractivity contribution in [2.75, 3.05) is 6.54 Å². The highest BCUT2D eigenvalue weighted by Crippen LogP contribution is 2.25. The number of carbonyl (C=O) groups excluding carboxylic acids is 1. The van der Waals surface area contributed by atoms with Crippen LogP contribution in [0.15, 0.2) is 24.3 Å². The molecule has 0 aromatic heterocycles. The molecule has 0 unspecified atom stereocenters. The zero-order valence-corrected chi connectivity index (χ0v) is 10.9. The van der Waals surface area contributed by atoms with E-state index < -0.39 is 12.0 Å². The standard InChI is InChI=1S/C14H18N2O3/c1-9(15)14(19)16(8-13(17)18)12-6-10-4-2-3-5-11(10)7-12/h2-5,9,12H,6-8,15H2,1H3,(H,17,18)/t9-/m0/s1. The van der Waals surface area contributed by atoms with E-state index >= 15 is 0 Å². The number of amides is 1. The molecule has 1 aromatic carbocycles. The molecule has 0 fully saturated rings. The summed E-state index contributed by atoms with van der Waals surface area (Å²) in [6.07, 6.45) is 1.39. The summed E-state index contributed by atoms with van der Waals surface area (Å²) >= 11 is 0. The Morgan fingerprint density at radius 2 is 1.89 bits per heavy atom. The van der Waals surface area contributed by atoms with Crippen molar-refractivity contribution in [3.05, 3.63) is 35.4 Å². The fourth-order valence-corrected chi connectivity index (χ4v) is 2.55. The Morgan fingerprint density at radius 1 is 1.37 bits per heavy atom. The second kappa shape index (κ2) is 5.40. The zero-order chi connectivity index (χ0) is 14.0. The van der Waals surface area contributed by atoms with Gasteiger partial charge in [-0.25, -0.2) is 0 Å². The molecule has 1 amide bonds. The Bertz CT molecular complexity index is 474. The maximum atomic E-state index is 12.1. The van der Waals surface area contributed by atoms with Crippen molar-refractivity contribution in [1.82, 2.24) is 4.90 Å². The van der Waals surface area contributed by atoms with Crippen LogP contribution in [0.1, 0.15) is 18.1 Å². The summed E-state index contributed by atoms with van der Waals surface area (Å²) in [5.41, 5.74) is 7.96. The number of hydrogen-bond acceptors (Lipinski definition) is 3. The summed E-state index contributed by atoms with van der Waals surface area (Å²) in [5.74, 6) is -1.31. The number of nitrogens with two attached hydrogens (primary N) is 1. The van der Waals surface area contributed by atoms with Gasteiger partial charge in [0.05, 0.1) is 6.04 Å². The highest BCUT2D eigenvalue weighted by Gasteiger charge is 2.32. The number of hydrogen-bond donors (Lipinski definition) is 2. The van der Waals surface area contributed by atoms with Crippen LogP contribution in [0.5, 0.6) is 0 Å². The average Bonchev–Trinajstić information content (AvgIpc) is 2.78. The predicted octanol–water partition coefficient (Wildman–Crippen LogP) is 0.414. The molecule has 5 heteroatoms. The molecule has 0 saturated heterocycles. The van der Waals surface area contributed by atoms with E-state index in [1.807, 2.05) is 24.3 Å². The number of rotatable bonds is 4. The van der Waals surface area contributed by atoms with Crippen LogP contribution in [0.3, 0.4) is 0 Å². The SMILES string of the molecule is C[C@H](N)C(=O)N(CC(=O)O)C1Cc2ccccc2C1. The third-order valence-corrected chi connectivity index (χ3v) is 3.45. The van der Waals surface area contributed by atoms with Gasteiger partial charge in [-0.05, 0) is 30.9 Å². The minimum Gasteiger partial charge on any atom is -0.480 e. The lowest BCUT2D eigenvalue weighted by Gasteiger charge is -2.28. The third-order valence-electron chi connectivity index (χ3n) is 3.45. The Morgan fingerprint density at radius 3 is 2.32 bits per heavy atom. The Kier molecular flexibility index (Phi) is 3.85. The first-order valence-electron chi connectivity index (χ1n) is 6.33. The van der Waals surface area contributed by atoms with E-state index in [0.717, 1.165) is 0 Å². The van der Waals surface area contributed by atoms with Gasteiger partial charge < -0.3 is 15.7 Å². The van der Waals surface area contributed by atoms with Crippen molar-refractivity contribution >= 4 is 11.9 Å². The minimum atomic E-state index is -1.01. The normalized spacial score (nSPS) is 15.9. The van der Waals surface area contributed by atoms with E-state index in [4.69, 9.17) is 10.8 Å². The van der Waals surface area contributed by atoms with Crippen LogP contribution in [-0.2, 0) is 22.4 Å². The molecule has 0 heterocycles. The number of nitrogens with zero attached hydrogens (tertiary/aromatic N) is 1. The first kappa shape index (κ1) is 13.5. The van der Waals surface area contributed by atoms with Crippen LogP contribution in [-0.4, -0.2) is 40.5 Å². The smallest absolute Gasteiger partial charge is 0.323 e. The lowest BCUT2D eigenvalue weighted by Crippen LogP contribution is -2.50. The van der Waals surface area contributed by atoms with Gasteiger partial charge in [-0.1, -0.05) is 24.3 Å². The summed E-state index contributed by atoms with van der Waals surface area (Å²) in [5, 5.41) is 8.96. The van der Waals surface area contributed by atoms with E-state index in [0.29, 0.717) is 12.8 Å².